The van der Waals surface area contributed by atoms with Gasteiger partial charge in [-0.1, -0.05) is 11.6 Å². The number of anilines is 1. The number of carbonyl (C=O) groups is 1. The number of halogens is 1. The van der Waals surface area contributed by atoms with Crippen LogP contribution in [0.4, 0.5) is 5.69 Å². The third-order valence-corrected chi connectivity index (χ3v) is 5.11. The molecule has 0 bridgehead atoms. The van der Waals surface area contributed by atoms with Gasteiger partial charge in [0.25, 0.3) is 0 Å². The van der Waals surface area contributed by atoms with Gasteiger partial charge in [-0.25, -0.2) is 9.97 Å². The molecular formula is C19H15ClN4O2S. The summed E-state index contributed by atoms with van der Waals surface area (Å²) in [6.45, 7) is 3.78. The van der Waals surface area contributed by atoms with Gasteiger partial charge in [0.1, 0.15) is 5.76 Å². The summed E-state index contributed by atoms with van der Waals surface area (Å²) in [4.78, 5) is 21.6. The van der Waals surface area contributed by atoms with Crippen molar-refractivity contribution >= 4 is 45.6 Å². The van der Waals surface area contributed by atoms with Gasteiger partial charge >= 0.3 is 0 Å². The molecule has 0 atom stereocenters. The van der Waals surface area contributed by atoms with Crippen molar-refractivity contribution in [3.05, 3.63) is 64.2 Å². The number of rotatable bonds is 4. The Kier molecular flexibility index (Phi) is 4.55. The molecule has 3 aromatic heterocycles. The van der Waals surface area contributed by atoms with Gasteiger partial charge in [-0.3, -0.25) is 9.20 Å². The molecular weight excluding hydrogens is 384 g/mol. The average Bonchev–Trinajstić information content (AvgIpc) is 3.30. The van der Waals surface area contributed by atoms with Gasteiger partial charge in [0.2, 0.25) is 11.8 Å². The standard InChI is InChI=1S/C19H15ClN4O2S/c1-11-12(2)26-18(21-11)13-3-5-14(6-4-13)22-16(25)8-7-15-17(20)23-19-24(15)9-10-27-19/h3-10H,1-2H3,(H,22,25). The zero-order valence-corrected chi connectivity index (χ0v) is 16.1. The highest BCUT2D eigenvalue weighted by molar-refractivity contribution is 7.15. The summed E-state index contributed by atoms with van der Waals surface area (Å²) in [6.07, 6.45) is 4.94. The van der Waals surface area contributed by atoms with Crippen molar-refractivity contribution in [1.82, 2.24) is 14.4 Å². The molecule has 1 amide bonds. The topological polar surface area (TPSA) is 72.4 Å². The van der Waals surface area contributed by atoms with Gasteiger partial charge in [0, 0.05) is 28.9 Å². The van der Waals surface area contributed by atoms with Crippen LogP contribution in [0, 0.1) is 13.8 Å². The van der Waals surface area contributed by atoms with E-state index in [4.69, 9.17) is 16.0 Å². The highest BCUT2D eigenvalue weighted by Crippen LogP contribution is 2.24. The van der Waals surface area contributed by atoms with Crippen LogP contribution in [0.15, 0.2) is 46.3 Å². The zero-order chi connectivity index (χ0) is 19.0. The van der Waals surface area contributed by atoms with Crippen LogP contribution in [-0.4, -0.2) is 20.3 Å². The molecule has 0 aliphatic carbocycles. The number of hydrogen-bond donors (Lipinski definition) is 1. The van der Waals surface area contributed by atoms with Crippen molar-refractivity contribution in [3.63, 3.8) is 0 Å². The lowest BCUT2D eigenvalue weighted by Crippen LogP contribution is -2.07. The summed E-state index contributed by atoms with van der Waals surface area (Å²) in [6, 6.07) is 7.32. The molecule has 1 aromatic carbocycles. The Hall–Kier alpha value is -2.90. The maximum atomic E-state index is 12.2. The van der Waals surface area contributed by atoms with Crippen LogP contribution in [0.25, 0.3) is 22.5 Å². The van der Waals surface area contributed by atoms with E-state index in [0.717, 1.165) is 22.0 Å². The molecule has 0 saturated carbocycles. The highest BCUT2D eigenvalue weighted by Gasteiger charge is 2.10. The molecule has 0 aliphatic rings. The lowest BCUT2D eigenvalue weighted by Gasteiger charge is -2.03. The fourth-order valence-electron chi connectivity index (χ4n) is 2.56. The first kappa shape index (κ1) is 17.5. The molecule has 0 fully saturated rings. The molecule has 136 valence electrons. The summed E-state index contributed by atoms with van der Waals surface area (Å²) in [5.74, 6) is 1.11. The maximum Gasteiger partial charge on any atom is 0.248 e. The quantitative estimate of drug-likeness (QED) is 0.492. The van der Waals surface area contributed by atoms with E-state index >= 15 is 0 Å². The number of amides is 1. The fourth-order valence-corrected chi connectivity index (χ4v) is 3.56. The minimum absolute atomic E-state index is 0.258. The molecule has 0 spiro atoms. The Labute approximate surface area is 164 Å². The number of imidazole rings is 1. The molecule has 0 unspecified atom stereocenters. The van der Waals surface area contributed by atoms with Crippen LogP contribution in [0.2, 0.25) is 5.15 Å². The Balaban J connectivity index is 1.46. The minimum Gasteiger partial charge on any atom is -0.441 e. The highest BCUT2D eigenvalue weighted by atomic mass is 35.5. The largest absolute Gasteiger partial charge is 0.441 e. The fraction of sp³-hybridized carbons (Fsp3) is 0.105. The van der Waals surface area contributed by atoms with E-state index in [0.29, 0.717) is 22.4 Å². The molecule has 1 N–H and O–H groups in total. The monoisotopic (exact) mass is 398 g/mol. The average molecular weight is 399 g/mol. The second-order valence-electron chi connectivity index (χ2n) is 5.90. The minimum atomic E-state index is -0.258. The normalized spacial score (nSPS) is 11.5. The number of benzene rings is 1. The van der Waals surface area contributed by atoms with Crippen LogP contribution in [0.1, 0.15) is 17.1 Å². The third kappa shape index (κ3) is 3.51. The van der Waals surface area contributed by atoms with Crippen molar-refractivity contribution in [2.24, 2.45) is 0 Å². The van der Waals surface area contributed by atoms with Gasteiger partial charge in [0.05, 0.1) is 11.4 Å². The van der Waals surface area contributed by atoms with Gasteiger partial charge in [-0.2, -0.15) is 0 Å². The first-order chi connectivity index (χ1) is 13.0. The van der Waals surface area contributed by atoms with E-state index in [2.05, 4.69) is 15.3 Å². The number of thiazole rings is 1. The molecule has 4 rings (SSSR count). The van der Waals surface area contributed by atoms with Crippen molar-refractivity contribution in [3.8, 4) is 11.5 Å². The smallest absolute Gasteiger partial charge is 0.248 e. The summed E-state index contributed by atoms with van der Waals surface area (Å²) in [7, 11) is 0. The summed E-state index contributed by atoms with van der Waals surface area (Å²) in [5, 5.41) is 5.09. The van der Waals surface area contributed by atoms with E-state index in [1.165, 1.54) is 17.4 Å². The molecule has 6 nitrogen and oxygen atoms in total. The number of aryl methyl sites for hydroxylation is 2. The first-order valence-corrected chi connectivity index (χ1v) is 9.41. The van der Waals surface area contributed by atoms with Crippen LogP contribution in [-0.2, 0) is 4.79 Å². The Morgan fingerprint density at radius 1 is 1.26 bits per heavy atom. The van der Waals surface area contributed by atoms with Crippen LogP contribution in [0.3, 0.4) is 0 Å². The second kappa shape index (κ2) is 7.02. The molecule has 27 heavy (non-hydrogen) atoms. The Bertz CT molecular complexity index is 1140. The lowest BCUT2D eigenvalue weighted by atomic mass is 10.2. The van der Waals surface area contributed by atoms with Crippen molar-refractivity contribution in [2.75, 3.05) is 5.32 Å². The van der Waals surface area contributed by atoms with Crippen LogP contribution >= 0.6 is 22.9 Å². The first-order valence-electron chi connectivity index (χ1n) is 8.16. The van der Waals surface area contributed by atoms with E-state index in [1.54, 1.807) is 18.2 Å². The number of carbonyl (C=O) groups excluding carboxylic acids is 1. The van der Waals surface area contributed by atoms with Crippen molar-refractivity contribution in [1.29, 1.82) is 0 Å². The molecule has 0 saturated heterocycles. The van der Waals surface area contributed by atoms with E-state index in [1.807, 2.05) is 42.0 Å². The van der Waals surface area contributed by atoms with E-state index in [-0.39, 0.29) is 5.91 Å². The number of nitrogens with one attached hydrogen (secondary N) is 1. The molecule has 0 aliphatic heterocycles. The number of nitrogens with zero attached hydrogens (tertiary/aromatic N) is 3. The van der Waals surface area contributed by atoms with Crippen LogP contribution in [0.5, 0.6) is 0 Å². The number of oxazole rings is 1. The second-order valence-corrected chi connectivity index (χ2v) is 7.14. The molecule has 8 heteroatoms. The van der Waals surface area contributed by atoms with Gasteiger partial charge < -0.3 is 9.73 Å². The zero-order valence-electron chi connectivity index (χ0n) is 14.6. The predicted octanol–water partition coefficient (Wildman–Crippen LogP) is 4.97. The van der Waals surface area contributed by atoms with Gasteiger partial charge in [-0.15, -0.1) is 11.3 Å². The summed E-state index contributed by atoms with van der Waals surface area (Å²) < 4.78 is 7.45. The summed E-state index contributed by atoms with van der Waals surface area (Å²) >= 11 is 7.60. The summed E-state index contributed by atoms with van der Waals surface area (Å²) in [5.41, 5.74) is 3.07. The van der Waals surface area contributed by atoms with Gasteiger partial charge in [0.15, 0.2) is 10.1 Å². The lowest BCUT2D eigenvalue weighted by molar-refractivity contribution is -0.111. The van der Waals surface area contributed by atoms with E-state index < -0.39 is 0 Å². The number of fused-ring (bicyclic) bond motifs is 1. The predicted molar refractivity (Wildman–Crippen MR) is 107 cm³/mol. The van der Waals surface area contributed by atoms with Crippen molar-refractivity contribution in [2.45, 2.75) is 13.8 Å². The van der Waals surface area contributed by atoms with Gasteiger partial charge in [-0.05, 0) is 44.2 Å². The SMILES string of the molecule is Cc1nc(-c2ccc(NC(=O)C=Cc3c(Cl)nc4sccn34)cc2)oc1C. The maximum absolute atomic E-state index is 12.2. The van der Waals surface area contributed by atoms with E-state index in [9.17, 15) is 4.79 Å². The number of aromatic nitrogens is 3. The van der Waals surface area contributed by atoms with Crippen LogP contribution < -0.4 is 5.32 Å². The number of hydrogen-bond acceptors (Lipinski definition) is 5. The molecule has 0 radical (unpaired) electrons. The van der Waals surface area contributed by atoms with Crippen molar-refractivity contribution < 1.29 is 9.21 Å². The molecule has 4 aromatic rings. The molecule has 3 heterocycles. The Morgan fingerprint density at radius 3 is 2.74 bits per heavy atom. The Morgan fingerprint density at radius 2 is 2.04 bits per heavy atom. The third-order valence-electron chi connectivity index (χ3n) is 4.07.